The standard InChI is InChI=1S/C15H15F3N2O/c16-15(17,18)13-12(10-4-2-1-3-5-10)21-14(20-13)11-6-8-19-9-7-11/h1-5,11,19H,6-9H2. The number of alkyl halides is 3. The van der Waals surface area contributed by atoms with Crippen LogP contribution in [0.5, 0.6) is 0 Å². The Morgan fingerprint density at radius 1 is 1.10 bits per heavy atom. The van der Waals surface area contributed by atoms with Gasteiger partial charge in [0, 0.05) is 11.5 Å². The number of hydrogen-bond donors (Lipinski definition) is 1. The normalized spacial score (nSPS) is 17.1. The molecule has 6 heteroatoms. The molecule has 0 radical (unpaired) electrons. The third-order valence-electron chi connectivity index (χ3n) is 3.64. The summed E-state index contributed by atoms with van der Waals surface area (Å²) in [5.41, 5.74) is -0.528. The third kappa shape index (κ3) is 2.95. The number of piperidine rings is 1. The lowest BCUT2D eigenvalue weighted by atomic mass is 9.98. The second-order valence-electron chi connectivity index (χ2n) is 5.12. The fraction of sp³-hybridized carbons (Fsp3) is 0.400. The molecule has 2 heterocycles. The van der Waals surface area contributed by atoms with Crippen LogP contribution in [0.25, 0.3) is 11.3 Å². The molecule has 1 N–H and O–H groups in total. The molecule has 0 atom stereocenters. The molecule has 3 nitrogen and oxygen atoms in total. The second-order valence-corrected chi connectivity index (χ2v) is 5.12. The van der Waals surface area contributed by atoms with Gasteiger partial charge in [-0.05, 0) is 25.9 Å². The van der Waals surface area contributed by atoms with Crippen LogP contribution in [0, 0.1) is 0 Å². The molecule has 1 aromatic heterocycles. The van der Waals surface area contributed by atoms with Crippen molar-refractivity contribution in [2.45, 2.75) is 24.9 Å². The van der Waals surface area contributed by atoms with Gasteiger partial charge in [0.15, 0.2) is 17.3 Å². The van der Waals surface area contributed by atoms with Crippen LogP contribution in [-0.2, 0) is 6.18 Å². The topological polar surface area (TPSA) is 38.1 Å². The van der Waals surface area contributed by atoms with Crippen LogP contribution in [0.15, 0.2) is 34.7 Å². The Kier molecular flexibility index (Phi) is 3.71. The van der Waals surface area contributed by atoms with Crippen molar-refractivity contribution in [2.75, 3.05) is 13.1 Å². The van der Waals surface area contributed by atoms with Crippen LogP contribution >= 0.6 is 0 Å². The van der Waals surface area contributed by atoms with E-state index in [0.29, 0.717) is 5.56 Å². The molecule has 0 aliphatic carbocycles. The van der Waals surface area contributed by atoms with E-state index < -0.39 is 11.9 Å². The largest absolute Gasteiger partial charge is 0.440 e. The minimum Gasteiger partial charge on any atom is -0.440 e. The molecular formula is C15H15F3N2O. The molecule has 21 heavy (non-hydrogen) atoms. The SMILES string of the molecule is FC(F)(F)c1nc(C2CCNCC2)oc1-c1ccccc1. The molecule has 0 bridgehead atoms. The maximum atomic E-state index is 13.2. The molecule has 0 unspecified atom stereocenters. The first-order chi connectivity index (χ1) is 10.1. The van der Waals surface area contributed by atoms with E-state index >= 15 is 0 Å². The molecule has 1 aromatic carbocycles. The summed E-state index contributed by atoms with van der Waals surface area (Å²) in [6.07, 6.45) is -3.03. The molecule has 3 rings (SSSR count). The molecule has 0 amide bonds. The van der Waals surface area contributed by atoms with Gasteiger partial charge in [-0.2, -0.15) is 13.2 Å². The molecule has 1 aliphatic heterocycles. The molecule has 0 saturated carbocycles. The Bertz CT molecular complexity index is 601. The molecular weight excluding hydrogens is 281 g/mol. The number of rotatable bonds is 2. The van der Waals surface area contributed by atoms with Gasteiger partial charge in [0.05, 0.1) is 0 Å². The highest BCUT2D eigenvalue weighted by Crippen LogP contribution is 2.39. The van der Waals surface area contributed by atoms with Gasteiger partial charge in [-0.25, -0.2) is 4.98 Å². The summed E-state index contributed by atoms with van der Waals surface area (Å²) in [7, 11) is 0. The van der Waals surface area contributed by atoms with E-state index in [4.69, 9.17) is 4.42 Å². The van der Waals surface area contributed by atoms with Crippen molar-refractivity contribution in [1.82, 2.24) is 10.3 Å². The van der Waals surface area contributed by atoms with Gasteiger partial charge in [0.2, 0.25) is 0 Å². The van der Waals surface area contributed by atoms with Gasteiger partial charge in [-0.15, -0.1) is 0 Å². The summed E-state index contributed by atoms with van der Waals surface area (Å²) >= 11 is 0. The van der Waals surface area contributed by atoms with Crippen molar-refractivity contribution in [1.29, 1.82) is 0 Å². The van der Waals surface area contributed by atoms with Crippen molar-refractivity contribution >= 4 is 0 Å². The summed E-state index contributed by atoms with van der Waals surface area (Å²) in [5.74, 6) is -0.0378. The maximum Gasteiger partial charge on any atom is 0.437 e. The zero-order valence-electron chi connectivity index (χ0n) is 11.3. The van der Waals surface area contributed by atoms with E-state index in [0.717, 1.165) is 25.9 Å². The second kappa shape index (κ2) is 5.52. The summed E-state index contributed by atoms with van der Waals surface area (Å²) in [6.45, 7) is 1.55. The Labute approximate surface area is 120 Å². The lowest BCUT2D eigenvalue weighted by molar-refractivity contribution is -0.140. The molecule has 1 saturated heterocycles. The van der Waals surface area contributed by atoms with Crippen LogP contribution < -0.4 is 5.32 Å². The maximum absolute atomic E-state index is 13.2. The molecule has 112 valence electrons. The number of nitrogens with one attached hydrogen (secondary N) is 1. The van der Waals surface area contributed by atoms with Crippen LogP contribution in [0.3, 0.4) is 0 Å². The highest BCUT2D eigenvalue weighted by atomic mass is 19.4. The molecule has 1 aliphatic rings. The number of halogens is 3. The highest BCUT2D eigenvalue weighted by molar-refractivity contribution is 5.60. The predicted molar refractivity (Wildman–Crippen MR) is 71.8 cm³/mol. The van der Waals surface area contributed by atoms with Gasteiger partial charge >= 0.3 is 6.18 Å². The third-order valence-corrected chi connectivity index (χ3v) is 3.64. The average Bonchev–Trinajstić information content (AvgIpc) is 2.94. The van der Waals surface area contributed by atoms with Crippen LogP contribution in [0.4, 0.5) is 13.2 Å². The first-order valence-corrected chi connectivity index (χ1v) is 6.90. The van der Waals surface area contributed by atoms with Crippen LogP contribution in [0.1, 0.15) is 30.3 Å². The highest BCUT2D eigenvalue weighted by Gasteiger charge is 2.40. The number of oxazole rings is 1. The van der Waals surface area contributed by atoms with Crippen LogP contribution in [-0.4, -0.2) is 18.1 Å². The van der Waals surface area contributed by atoms with Crippen molar-refractivity contribution in [3.8, 4) is 11.3 Å². The minimum atomic E-state index is -4.51. The number of benzene rings is 1. The summed E-state index contributed by atoms with van der Waals surface area (Å²) in [5, 5.41) is 3.18. The zero-order chi connectivity index (χ0) is 14.9. The Balaban J connectivity index is 2.03. The number of nitrogens with zero attached hydrogens (tertiary/aromatic N) is 1. The zero-order valence-corrected chi connectivity index (χ0v) is 11.3. The fourth-order valence-corrected chi connectivity index (χ4v) is 2.56. The van der Waals surface area contributed by atoms with Crippen molar-refractivity contribution in [3.05, 3.63) is 41.9 Å². The summed E-state index contributed by atoms with van der Waals surface area (Å²) in [4.78, 5) is 3.76. The first-order valence-electron chi connectivity index (χ1n) is 6.90. The van der Waals surface area contributed by atoms with Gasteiger partial charge < -0.3 is 9.73 Å². The van der Waals surface area contributed by atoms with E-state index in [1.807, 2.05) is 0 Å². The van der Waals surface area contributed by atoms with Crippen LogP contribution in [0.2, 0.25) is 0 Å². The van der Waals surface area contributed by atoms with Gasteiger partial charge in [-0.3, -0.25) is 0 Å². The van der Waals surface area contributed by atoms with Gasteiger partial charge in [0.25, 0.3) is 0 Å². The van der Waals surface area contributed by atoms with Crippen molar-refractivity contribution < 1.29 is 17.6 Å². The first kappa shape index (κ1) is 14.1. The predicted octanol–water partition coefficient (Wildman–Crippen LogP) is 3.83. The van der Waals surface area contributed by atoms with E-state index in [1.54, 1.807) is 30.3 Å². The number of hydrogen-bond acceptors (Lipinski definition) is 3. The van der Waals surface area contributed by atoms with Crippen molar-refractivity contribution in [2.24, 2.45) is 0 Å². The fourth-order valence-electron chi connectivity index (χ4n) is 2.56. The Morgan fingerprint density at radius 2 is 1.76 bits per heavy atom. The quantitative estimate of drug-likeness (QED) is 0.915. The van der Waals surface area contributed by atoms with E-state index in [9.17, 15) is 13.2 Å². The van der Waals surface area contributed by atoms with E-state index in [1.165, 1.54) is 0 Å². The molecule has 0 spiro atoms. The average molecular weight is 296 g/mol. The van der Waals surface area contributed by atoms with Gasteiger partial charge in [0.1, 0.15) is 0 Å². The Morgan fingerprint density at radius 3 is 2.38 bits per heavy atom. The van der Waals surface area contributed by atoms with E-state index in [2.05, 4.69) is 10.3 Å². The number of aromatic nitrogens is 1. The van der Waals surface area contributed by atoms with Crippen molar-refractivity contribution in [3.63, 3.8) is 0 Å². The smallest absolute Gasteiger partial charge is 0.437 e. The van der Waals surface area contributed by atoms with E-state index in [-0.39, 0.29) is 17.6 Å². The monoisotopic (exact) mass is 296 g/mol. The van der Waals surface area contributed by atoms with Gasteiger partial charge in [-0.1, -0.05) is 30.3 Å². The molecule has 1 fully saturated rings. The summed E-state index contributed by atoms with van der Waals surface area (Å²) in [6, 6.07) is 8.31. The minimum absolute atomic E-state index is 0.0511. The summed E-state index contributed by atoms with van der Waals surface area (Å²) < 4.78 is 45.0. The molecule has 2 aromatic rings. The lowest BCUT2D eigenvalue weighted by Crippen LogP contribution is -2.26. The Hall–Kier alpha value is -1.82. The lowest BCUT2D eigenvalue weighted by Gasteiger charge is -2.19.